The van der Waals surface area contributed by atoms with Crippen LogP contribution in [-0.4, -0.2) is 9.97 Å². The first kappa shape index (κ1) is 9.73. The number of hydrogen-bond donors (Lipinski definition) is 1. The molecule has 0 saturated carbocycles. The van der Waals surface area contributed by atoms with E-state index >= 15 is 0 Å². The van der Waals surface area contributed by atoms with E-state index in [2.05, 4.69) is 9.97 Å². The molecule has 1 aromatic heterocycles. The Morgan fingerprint density at radius 3 is 2.80 bits per heavy atom. The van der Waals surface area contributed by atoms with E-state index in [4.69, 9.17) is 22.1 Å². The Morgan fingerprint density at radius 1 is 1.27 bits per heavy atom. The predicted molar refractivity (Wildman–Crippen MR) is 58.0 cm³/mol. The van der Waals surface area contributed by atoms with Crippen molar-refractivity contribution in [2.75, 3.05) is 5.73 Å². The van der Waals surface area contributed by atoms with Crippen LogP contribution >= 0.6 is 11.6 Å². The van der Waals surface area contributed by atoms with Crippen molar-refractivity contribution in [3.8, 4) is 11.6 Å². The highest BCUT2D eigenvalue weighted by atomic mass is 35.5. The van der Waals surface area contributed by atoms with Crippen molar-refractivity contribution >= 4 is 17.3 Å². The van der Waals surface area contributed by atoms with Crippen LogP contribution in [0.1, 0.15) is 0 Å². The number of ether oxygens (including phenoxy) is 1. The van der Waals surface area contributed by atoms with Gasteiger partial charge in [-0.25, -0.2) is 4.98 Å². The molecule has 0 aliphatic carbocycles. The zero-order valence-corrected chi connectivity index (χ0v) is 8.48. The second-order valence-electron chi connectivity index (χ2n) is 2.80. The molecule has 0 unspecified atom stereocenters. The number of hydrogen-bond acceptors (Lipinski definition) is 4. The molecule has 15 heavy (non-hydrogen) atoms. The van der Waals surface area contributed by atoms with Crippen LogP contribution < -0.4 is 10.5 Å². The maximum Gasteiger partial charge on any atom is 0.238 e. The van der Waals surface area contributed by atoms with E-state index in [0.29, 0.717) is 22.3 Å². The highest BCUT2D eigenvalue weighted by Gasteiger charge is 2.07. The number of nitrogens with zero attached hydrogens (tertiary/aromatic N) is 2. The van der Waals surface area contributed by atoms with Crippen LogP contribution in [0, 0.1) is 0 Å². The molecule has 0 bridgehead atoms. The lowest BCUT2D eigenvalue weighted by Gasteiger charge is -2.08. The monoisotopic (exact) mass is 221 g/mol. The highest BCUT2D eigenvalue weighted by Crippen LogP contribution is 2.33. The van der Waals surface area contributed by atoms with Gasteiger partial charge in [-0.3, -0.25) is 4.98 Å². The average molecular weight is 222 g/mol. The third-order valence-corrected chi connectivity index (χ3v) is 2.04. The van der Waals surface area contributed by atoms with Crippen LogP contribution in [0.4, 0.5) is 5.69 Å². The minimum Gasteiger partial charge on any atom is -0.434 e. The van der Waals surface area contributed by atoms with E-state index in [9.17, 15) is 0 Å². The Balaban J connectivity index is 2.32. The second-order valence-corrected chi connectivity index (χ2v) is 3.21. The summed E-state index contributed by atoms with van der Waals surface area (Å²) >= 11 is 5.93. The first-order valence-electron chi connectivity index (χ1n) is 4.25. The van der Waals surface area contributed by atoms with Crippen LogP contribution in [0.5, 0.6) is 11.6 Å². The summed E-state index contributed by atoms with van der Waals surface area (Å²) in [4.78, 5) is 7.83. The van der Waals surface area contributed by atoms with E-state index in [-0.39, 0.29) is 0 Å². The Hall–Kier alpha value is -1.81. The fraction of sp³-hybridized carbons (Fsp3) is 0. The van der Waals surface area contributed by atoms with Crippen molar-refractivity contribution in [3.05, 3.63) is 41.8 Å². The molecule has 1 heterocycles. The minimum absolute atomic E-state index is 0.359. The number of nitrogen functional groups attached to an aromatic ring is 1. The first-order valence-corrected chi connectivity index (χ1v) is 4.63. The number of para-hydroxylation sites is 1. The average Bonchev–Trinajstić information content (AvgIpc) is 2.25. The number of anilines is 1. The van der Waals surface area contributed by atoms with Gasteiger partial charge in [0.15, 0.2) is 5.75 Å². The number of benzene rings is 1. The zero-order valence-electron chi connectivity index (χ0n) is 7.72. The Kier molecular flexibility index (Phi) is 2.69. The van der Waals surface area contributed by atoms with Gasteiger partial charge in [-0.1, -0.05) is 17.7 Å². The summed E-state index contributed by atoms with van der Waals surface area (Å²) in [5.74, 6) is 0.761. The second kappa shape index (κ2) is 4.14. The van der Waals surface area contributed by atoms with Crippen LogP contribution in [0.15, 0.2) is 36.8 Å². The molecule has 0 amide bonds. The number of halogens is 1. The molecule has 76 valence electrons. The first-order chi connectivity index (χ1) is 7.27. The van der Waals surface area contributed by atoms with Gasteiger partial charge < -0.3 is 10.5 Å². The van der Waals surface area contributed by atoms with Gasteiger partial charge in [0.2, 0.25) is 5.88 Å². The Bertz CT molecular complexity index is 441. The molecule has 0 spiro atoms. The molecule has 2 rings (SSSR count). The lowest BCUT2D eigenvalue weighted by molar-refractivity contribution is 0.462. The van der Waals surface area contributed by atoms with Crippen LogP contribution in [0.3, 0.4) is 0 Å². The number of rotatable bonds is 2. The molecule has 0 aliphatic rings. The number of aromatic nitrogens is 2. The van der Waals surface area contributed by atoms with Gasteiger partial charge in [0.1, 0.15) is 0 Å². The normalized spacial score (nSPS) is 9.93. The van der Waals surface area contributed by atoms with Crippen LogP contribution in [0.2, 0.25) is 5.02 Å². The summed E-state index contributed by atoms with van der Waals surface area (Å²) in [7, 11) is 0. The standard InChI is InChI=1S/C10H8ClN3O/c11-7-2-1-3-8(12)10(7)15-9-6-13-4-5-14-9/h1-6H,12H2. The molecular formula is C10H8ClN3O. The van der Waals surface area contributed by atoms with Crippen molar-refractivity contribution < 1.29 is 4.74 Å². The SMILES string of the molecule is Nc1cccc(Cl)c1Oc1cnccn1. The molecule has 0 atom stereocenters. The van der Waals surface area contributed by atoms with Gasteiger partial charge in [0.05, 0.1) is 16.9 Å². The maximum absolute atomic E-state index is 5.93. The summed E-state index contributed by atoms with van der Waals surface area (Å²) in [6.45, 7) is 0. The maximum atomic E-state index is 5.93. The third kappa shape index (κ3) is 2.16. The predicted octanol–water partition coefficient (Wildman–Crippen LogP) is 2.50. The summed E-state index contributed by atoms with van der Waals surface area (Å²) < 4.78 is 5.41. The third-order valence-electron chi connectivity index (χ3n) is 1.74. The Labute approximate surface area is 91.7 Å². The fourth-order valence-corrected chi connectivity index (χ4v) is 1.30. The molecule has 1 aromatic carbocycles. The minimum atomic E-state index is 0.359. The van der Waals surface area contributed by atoms with Crippen molar-refractivity contribution in [3.63, 3.8) is 0 Å². The molecular weight excluding hydrogens is 214 g/mol. The molecule has 0 fully saturated rings. The summed E-state index contributed by atoms with van der Waals surface area (Å²) in [6, 6.07) is 5.16. The van der Waals surface area contributed by atoms with E-state index in [0.717, 1.165) is 0 Å². The zero-order chi connectivity index (χ0) is 10.7. The van der Waals surface area contributed by atoms with Crippen LogP contribution in [-0.2, 0) is 0 Å². The summed E-state index contributed by atoms with van der Waals surface area (Å²) in [5, 5.41) is 0.445. The fourth-order valence-electron chi connectivity index (χ4n) is 1.08. The quantitative estimate of drug-likeness (QED) is 0.792. The van der Waals surface area contributed by atoms with Gasteiger partial charge in [-0.15, -0.1) is 0 Å². The highest BCUT2D eigenvalue weighted by molar-refractivity contribution is 6.32. The lowest BCUT2D eigenvalue weighted by Crippen LogP contribution is -1.94. The molecule has 4 nitrogen and oxygen atoms in total. The van der Waals surface area contributed by atoms with Crippen molar-refractivity contribution in [1.29, 1.82) is 0 Å². The van der Waals surface area contributed by atoms with Crippen molar-refractivity contribution in [2.24, 2.45) is 0 Å². The molecule has 2 N–H and O–H groups in total. The smallest absolute Gasteiger partial charge is 0.238 e. The molecule has 0 saturated heterocycles. The Morgan fingerprint density at radius 2 is 2.13 bits per heavy atom. The van der Waals surface area contributed by atoms with E-state index < -0.39 is 0 Å². The number of nitrogens with two attached hydrogens (primary N) is 1. The van der Waals surface area contributed by atoms with Crippen LogP contribution in [0.25, 0.3) is 0 Å². The van der Waals surface area contributed by atoms with Gasteiger partial charge >= 0.3 is 0 Å². The van der Waals surface area contributed by atoms with Gasteiger partial charge in [0.25, 0.3) is 0 Å². The molecule has 0 aliphatic heterocycles. The van der Waals surface area contributed by atoms with Crippen molar-refractivity contribution in [2.45, 2.75) is 0 Å². The lowest BCUT2D eigenvalue weighted by atomic mass is 10.3. The molecule has 2 aromatic rings. The van der Waals surface area contributed by atoms with E-state index in [1.165, 1.54) is 12.4 Å². The molecule has 5 heteroatoms. The van der Waals surface area contributed by atoms with E-state index in [1.54, 1.807) is 24.4 Å². The largest absolute Gasteiger partial charge is 0.434 e. The summed E-state index contributed by atoms with van der Waals surface area (Å²) in [6.07, 6.45) is 4.58. The van der Waals surface area contributed by atoms with Gasteiger partial charge in [-0.05, 0) is 12.1 Å². The van der Waals surface area contributed by atoms with Gasteiger partial charge in [-0.2, -0.15) is 0 Å². The van der Waals surface area contributed by atoms with E-state index in [1.807, 2.05) is 0 Å². The van der Waals surface area contributed by atoms with Crippen molar-refractivity contribution in [1.82, 2.24) is 9.97 Å². The summed E-state index contributed by atoms with van der Waals surface area (Å²) in [5.41, 5.74) is 6.18. The molecule has 0 radical (unpaired) electrons. The topological polar surface area (TPSA) is 61.0 Å². The van der Waals surface area contributed by atoms with Gasteiger partial charge in [0, 0.05) is 12.4 Å².